The lowest BCUT2D eigenvalue weighted by atomic mass is 10.0. The molecule has 0 aromatic rings. The fourth-order valence-corrected chi connectivity index (χ4v) is 4.71. The van der Waals surface area contributed by atoms with Crippen molar-refractivity contribution in [1.29, 1.82) is 0 Å². The molecule has 4 atom stereocenters. The maximum absolute atomic E-state index is 13.3. The topological polar surface area (TPSA) is 116 Å². The van der Waals surface area contributed by atoms with Crippen molar-refractivity contribution in [1.82, 2.24) is 15.5 Å². The lowest BCUT2D eigenvalue weighted by molar-refractivity contribution is -0.146. The van der Waals surface area contributed by atoms with Crippen LogP contribution in [-0.2, 0) is 19.2 Å². The van der Waals surface area contributed by atoms with E-state index in [1.54, 1.807) is 4.90 Å². The zero-order valence-corrected chi connectivity index (χ0v) is 17.3. The summed E-state index contributed by atoms with van der Waals surface area (Å²) in [6.07, 6.45) is 11.3. The number of rotatable bonds is 3. The number of nitrogens with one attached hydrogen (secondary N) is 2. The normalized spacial score (nSPS) is 35.9. The lowest BCUT2D eigenvalue weighted by Gasteiger charge is -2.29. The number of carboxylic acid groups (broad SMARTS) is 1. The Bertz CT molecular complexity index is 762. The monoisotopic (exact) mass is 417 g/mol. The van der Waals surface area contributed by atoms with Crippen LogP contribution in [0.25, 0.3) is 0 Å². The van der Waals surface area contributed by atoms with Crippen LogP contribution in [0.4, 0.5) is 0 Å². The molecule has 3 amide bonds. The molecule has 4 rings (SSSR count). The van der Waals surface area contributed by atoms with Crippen molar-refractivity contribution in [3.63, 3.8) is 0 Å². The van der Waals surface area contributed by atoms with Gasteiger partial charge in [-0.25, -0.2) is 4.79 Å². The second-order valence-electron chi connectivity index (χ2n) is 9.17. The van der Waals surface area contributed by atoms with Gasteiger partial charge in [-0.3, -0.25) is 14.4 Å². The number of carbonyl (C=O) groups is 4. The highest BCUT2D eigenvalue weighted by atomic mass is 16.4. The van der Waals surface area contributed by atoms with E-state index in [1.165, 1.54) is 0 Å². The first-order valence-corrected chi connectivity index (χ1v) is 11.3. The molecule has 164 valence electrons. The maximum atomic E-state index is 13.3. The van der Waals surface area contributed by atoms with Gasteiger partial charge in [0.15, 0.2) is 0 Å². The fraction of sp³-hybridized carbons (Fsp3) is 0.727. The average Bonchev–Trinajstić information content (AvgIpc) is 3.62. The van der Waals surface area contributed by atoms with Crippen molar-refractivity contribution in [2.45, 2.75) is 81.8 Å². The molecule has 2 aliphatic heterocycles. The Balaban J connectivity index is 1.53. The van der Waals surface area contributed by atoms with E-state index in [0.29, 0.717) is 32.2 Å². The van der Waals surface area contributed by atoms with Gasteiger partial charge in [0.25, 0.3) is 0 Å². The molecular formula is C22H31N3O5. The highest BCUT2D eigenvalue weighted by Gasteiger charge is 2.61. The van der Waals surface area contributed by atoms with Crippen LogP contribution in [0.1, 0.15) is 64.2 Å². The quantitative estimate of drug-likeness (QED) is 0.600. The van der Waals surface area contributed by atoms with Gasteiger partial charge in [-0.2, -0.15) is 0 Å². The molecule has 3 N–H and O–H groups in total. The molecule has 0 aromatic carbocycles. The summed E-state index contributed by atoms with van der Waals surface area (Å²) < 4.78 is 0. The molecule has 0 aromatic heterocycles. The summed E-state index contributed by atoms with van der Waals surface area (Å²) in [6.45, 7) is 0.454. The molecule has 0 radical (unpaired) electrons. The zero-order valence-electron chi connectivity index (χ0n) is 17.3. The molecule has 2 heterocycles. The summed E-state index contributed by atoms with van der Waals surface area (Å²) >= 11 is 0. The highest BCUT2D eigenvalue weighted by Crippen LogP contribution is 2.45. The second kappa shape index (κ2) is 8.40. The van der Waals surface area contributed by atoms with Gasteiger partial charge in [-0.1, -0.05) is 25.0 Å². The van der Waals surface area contributed by atoms with Crippen molar-refractivity contribution < 1.29 is 24.3 Å². The summed E-state index contributed by atoms with van der Waals surface area (Å²) in [4.78, 5) is 52.0. The first-order chi connectivity index (χ1) is 14.4. The van der Waals surface area contributed by atoms with E-state index in [4.69, 9.17) is 0 Å². The molecule has 0 bridgehead atoms. The maximum Gasteiger partial charge on any atom is 0.330 e. The van der Waals surface area contributed by atoms with Crippen molar-refractivity contribution in [2.75, 3.05) is 6.54 Å². The summed E-state index contributed by atoms with van der Waals surface area (Å²) in [5.41, 5.74) is -1.26. The van der Waals surface area contributed by atoms with Gasteiger partial charge in [-0.05, 0) is 51.4 Å². The Morgan fingerprint density at radius 3 is 2.63 bits per heavy atom. The largest absolute Gasteiger partial charge is 0.479 e. The van der Waals surface area contributed by atoms with Crippen LogP contribution in [0.15, 0.2) is 12.2 Å². The third kappa shape index (κ3) is 4.23. The van der Waals surface area contributed by atoms with Crippen LogP contribution in [0.2, 0.25) is 0 Å². The Labute approximate surface area is 176 Å². The van der Waals surface area contributed by atoms with E-state index in [-0.39, 0.29) is 23.7 Å². The summed E-state index contributed by atoms with van der Waals surface area (Å²) in [6, 6.07) is -1.29. The van der Waals surface area contributed by atoms with Gasteiger partial charge in [0.05, 0.1) is 0 Å². The standard InChI is InChI=1S/C22H31N3O5/c26-18(14-10-11-14)23-16-8-5-3-1-2-4-7-15-13-22(15,21(29)30)24-19(27)17-9-6-12-25(17)20(16)28/h4,7,14-17H,1-3,5-6,8-13H2,(H,23,26)(H,24,27)(H,29,30)/b7-4-/t15-,16+,17+,22-/m1/s1. The molecule has 2 aliphatic carbocycles. The van der Waals surface area contributed by atoms with Gasteiger partial charge in [0.1, 0.15) is 17.6 Å². The van der Waals surface area contributed by atoms with E-state index in [1.807, 2.05) is 12.2 Å². The van der Waals surface area contributed by atoms with Gasteiger partial charge >= 0.3 is 5.97 Å². The van der Waals surface area contributed by atoms with Crippen molar-refractivity contribution in [3.8, 4) is 0 Å². The summed E-state index contributed by atoms with van der Waals surface area (Å²) in [5, 5.41) is 15.4. The first kappa shape index (κ1) is 20.9. The molecule has 0 spiro atoms. The number of carboxylic acids is 1. The molecule has 1 saturated heterocycles. The minimum atomic E-state index is -1.26. The van der Waals surface area contributed by atoms with Gasteiger partial charge in [-0.15, -0.1) is 0 Å². The number of allylic oxidation sites excluding steroid dienone is 1. The highest BCUT2D eigenvalue weighted by molar-refractivity contribution is 5.96. The number of hydrogen-bond acceptors (Lipinski definition) is 4. The third-order valence-corrected chi connectivity index (χ3v) is 6.88. The number of aliphatic carboxylic acids is 1. The minimum absolute atomic E-state index is 0.0134. The molecular weight excluding hydrogens is 386 g/mol. The van der Waals surface area contributed by atoms with Crippen molar-refractivity contribution in [3.05, 3.63) is 12.2 Å². The molecule has 8 heteroatoms. The third-order valence-electron chi connectivity index (χ3n) is 6.88. The number of nitrogens with zero attached hydrogens (tertiary/aromatic N) is 1. The second-order valence-corrected chi connectivity index (χ2v) is 9.17. The molecule has 4 aliphatic rings. The zero-order chi connectivity index (χ0) is 21.3. The Morgan fingerprint density at radius 1 is 1.10 bits per heavy atom. The van der Waals surface area contributed by atoms with Crippen LogP contribution in [0, 0.1) is 11.8 Å². The van der Waals surface area contributed by atoms with E-state index >= 15 is 0 Å². The Morgan fingerprint density at radius 2 is 1.90 bits per heavy atom. The Kier molecular flexibility index (Phi) is 5.84. The van der Waals surface area contributed by atoms with Gasteiger partial charge in [0, 0.05) is 18.4 Å². The smallest absolute Gasteiger partial charge is 0.330 e. The van der Waals surface area contributed by atoms with E-state index in [9.17, 15) is 24.3 Å². The molecule has 0 unspecified atom stereocenters. The summed E-state index contributed by atoms with van der Waals surface area (Å²) in [5.74, 6) is -1.91. The lowest BCUT2D eigenvalue weighted by Crippen LogP contribution is -2.56. The number of fused-ring (bicyclic) bond motifs is 2. The van der Waals surface area contributed by atoms with Crippen LogP contribution in [0.5, 0.6) is 0 Å². The molecule has 2 saturated carbocycles. The molecule has 8 nitrogen and oxygen atoms in total. The average molecular weight is 418 g/mol. The SMILES string of the molecule is O=C(N[C@H]1CCCCC/C=C\[C@@H]2C[C@@]2(C(=O)O)NC(=O)[C@@H]2CCCN2C1=O)C1CC1. The summed E-state index contributed by atoms with van der Waals surface area (Å²) in [7, 11) is 0. The van der Waals surface area contributed by atoms with Gasteiger partial charge < -0.3 is 20.6 Å². The number of amides is 3. The van der Waals surface area contributed by atoms with E-state index < -0.39 is 29.5 Å². The molecule has 3 fully saturated rings. The van der Waals surface area contributed by atoms with Crippen LogP contribution < -0.4 is 10.6 Å². The number of hydrogen-bond donors (Lipinski definition) is 3. The van der Waals surface area contributed by atoms with Crippen LogP contribution >= 0.6 is 0 Å². The minimum Gasteiger partial charge on any atom is -0.479 e. The first-order valence-electron chi connectivity index (χ1n) is 11.3. The fourth-order valence-electron chi connectivity index (χ4n) is 4.71. The van der Waals surface area contributed by atoms with E-state index in [0.717, 1.165) is 38.5 Å². The predicted molar refractivity (Wildman–Crippen MR) is 108 cm³/mol. The van der Waals surface area contributed by atoms with Gasteiger partial charge in [0.2, 0.25) is 17.7 Å². The van der Waals surface area contributed by atoms with Crippen molar-refractivity contribution >= 4 is 23.7 Å². The number of carbonyl (C=O) groups excluding carboxylic acids is 3. The predicted octanol–water partition coefficient (Wildman–Crippen LogP) is 1.35. The van der Waals surface area contributed by atoms with E-state index in [2.05, 4.69) is 10.6 Å². The van der Waals surface area contributed by atoms with Crippen LogP contribution in [-0.4, -0.2) is 57.9 Å². The Hall–Kier alpha value is -2.38. The van der Waals surface area contributed by atoms with Crippen molar-refractivity contribution in [2.24, 2.45) is 11.8 Å². The molecule has 30 heavy (non-hydrogen) atoms. The van der Waals surface area contributed by atoms with Crippen LogP contribution in [0.3, 0.4) is 0 Å².